The third kappa shape index (κ3) is 4.17. The molecular weight excluding hydrogens is 378 g/mol. The van der Waals surface area contributed by atoms with Crippen LogP contribution in [0.15, 0.2) is 65.1 Å². The lowest BCUT2D eigenvalue weighted by Crippen LogP contribution is -2.49. The van der Waals surface area contributed by atoms with Gasteiger partial charge in [0.25, 0.3) is 0 Å². The standard InChI is InChI=1S/C24H27N3O3/c1-26(2)24(29)27-14-8-12-19(16-27)23(28)25-22(17-9-4-3-5-10-17)21-15-18-11-6-7-13-20(18)30-21/h3-7,9-11,13,15,19,22H,8,12,14,16H2,1-2H3,(H,25,28)/t19-,22+/m0/s1. The highest BCUT2D eigenvalue weighted by Crippen LogP contribution is 2.29. The number of benzene rings is 2. The molecule has 6 nitrogen and oxygen atoms in total. The minimum atomic E-state index is -0.383. The molecule has 1 fully saturated rings. The number of amides is 3. The number of likely N-dealkylation sites (tertiary alicyclic amines) is 1. The molecular formula is C24H27N3O3. The molecule has 2 atom stereocenters. The highest BCUT2D eigenvalue weighted by atomic mass is 16.3. The van der Waals surface area contributed by atoms with E-state index < -0.39 is 0 Å². The molecule has 1 aromatic heterocycles. The maximum atomic E-state index is 13.2. The zero-order valence-corrected chi connectivity index (χ0v) is 17.4. The zero-order chi connectivity index (χ0) is 21.1. The number of nitrogens with zero attached hydrogens (tertiary/aromatic N) is 2. The fourth-order valence-electron chi connectivity index (χ4n) is 4.02. The molecule has 0 bridgehead atoms. The van der Waals surface area contributed by atoms with Gasteiger partial charge in [-0.25, -0.2) is 4.79 Å². The van der Waals surface area contributed by atoms with Crippen molar-refractivity contribution in [3.63, 3.8) is 0 Å². The van der Waals surface area contributed by atoms with Crippen molar-refractivity contribution in [2.75, 3.05) is 27.2 Å². The number of nitrogens with one attached hydrogen (secondary N) is 1. The van der Waals surface area contributed by atoms with Gasteiger partial charge in [-0.3, -0.25) is 4.79 Å². The smallest absolute Gasteiger partial charge is 0.319 e. The number of piperidine rings is 1. The van der Waals surface area contributed by atoms with Crippen molar-refractivity contribution < 1.29 is 14.0 Å². The molecule has 2 heterocycles. The maximum absolute atomic E-state index is 13.2. The van der Waals surface area contributed by atoms with Gasteiger partial charge in [-0.15, -0.1) is 0 Å². The van der Waals surface area contributed by atoms with E-state index in [4.69, 9.17) is 4.42 Å². The molecule has 0 spiro atoms. The predicted molar refractivity (Wildman–Crippen MR) is 116 cm³/mol. The Labute approximate surface area is 176 Å². The van der Waals surface area contributed by atoms with Gasteiger partial charge in [0.1, 0.15) is 17.4 Å². The van der Waals surface area contributed by atoms with E-state index in [9.17, 15) is 9.59 Å². The molecule has 30 heavy (non-hydrogen) atoms. The highest BCUT2D eigenvalue weighted by molar-refractivity contribution is 5.82. The van der Waals surface area contributed by atoms with Crippen LogP contribution in [0.25, 0.3) is 11.0 Å². The minimum absolute atomic E-state index is 0.0515. The monoisotopic (exact) mass is 405 g/mol. The van der Waals surface area contributed by atoms with Gasteiger partial charge in [0.05, 0.1) is 5.92 Å². The Morgan fingerprint density at radius 2 is 1.83 bits per heavy atom. The fraction of sp³-hybridized carbons (Fsp3) is 0.333. The molecule has 1 N–H and O–H groups in total. The largest absolute Gasteiger partial charge is 0.459 e. The topological polar surface area (TPSA) is 65.8 Å². The molecule has 4 rings (SSSR count). The van der Waals surface area contributed by atoms with Gasteiger partial charge in [-0.05, 0) is 30.5 Å². The molecule has 156 valence electrons. The molecule has 3 amide bonds. The number of para-hydroxylation sites is 1. The summed E-state index contributed by atoms with van der Waals surface area (Å²) < 4.78 is 6.08. The molecule has 1 saturated heterocycles. The van der Waals surface area contributed by atoms with E-state index in [1.807, 2.05) is 60.7 Å². The second-order valence-corrected chi connectivity index (χ2v) is 8.00. The Morgan fingerprint density at radius 1 is 1.10 bits per heavy atom. The Kier molecular flexibility index (Phi) is 5.74. The molecule has 0 unspecified atom stereocenters. The van der Waals surface area contributed by atoms with Gasteiger partial charge < -0.3 is 19.5 Å². The summed E-state index contributed by atoms with van der Waals surface area (Å²) in [5.74, 6) is 0.409. The molecule has 6 heteroatoms. The van der Waals surface area contributed by atoms with Crippen LogP contribution >= 0.6 is 0 Å². The summed E-state index contributed by atoms with van der Waals surface area (Å²) in [6.07, 6.45) is 1.59. The first-order chi connectivity index (χ1) is 14.5. The van der Waals surface area contributed by atoms with Gasteiger partial charge in [0, 0.05) is 32.6 Å². The van der Waals surface area contributed by atoms with Crippen LogP contribution in [0.2, 0.25) is 0 Å². The van der Waals surface area contributed by atoms with Gasteiger partial charge >= 0.3 is 6.03 Å². The molecule has 1 aliphatic rings. The normalized spacial score (nSPS) is 17.5. The summed E-state index contributed by atoms with van der Waals surface area (Å²) >= 11 is 0. The number of hydrogen-bond donors (Lipinski definition) is 1. The molecule has 0 saturated carbocycles. The van der Waals surface area contributed by atoms with Crippen LogP contribution in [0.4, 0.5) is 4.79 Å². The van der Waals surface area contributed by atoms with Gasteiger partial charge in [0.2, 0.25) is 5.91 Å². The Balaban J connectivity index is 1.57. The van der Waals surface area contributed by atoms with E-state index in [0.717, 1.165) is 29.4 Å². The molecule has 3 aromatic rings. The number of fused-ring (bicyclic) bond motifs is 1. The predicted octanol–water partition coefficient (Wildman–Crippen LogP) is 4.03. The third-order valence-electron chi connectivity index (χ3n) is 5.59. The second-order valence-electron chi connectivity index (χ2n) is 8.00. The van der Waals surface area contributed by atoms with E-state index in [2.05, 4.69) is 5.32 Å². The van der Waals surface area contributed by atoms with Crippen molar-refractivity contribution in [3.05, 3.63) is 72.0 Å². The molecule has 2 aromatic carbocycles. The van der Waals surface area contributed by atoms with Crippen LogP contribution in [-0.2, 0) is 4.79 Å². The van der Waals surface area contributed by atoms with Crippen molar-refractivity contribution in [1.29, 1.82) is 0 Å². The van der Waals surface area contributed by atoms with E-state index in [1.165, 1.54) is 0 Å². The van der Waals surface area contributed by atoms with E-state index in [0.29, 0.717) is 18.8 Å². The summed E-state index contributed by atoms with van der Waals surface area (Å²) in [5.41, 5.74) is 1.75. The second kappa shape index (κ2) is 8.61. The first-order valence-electron chi connectivity index (χ1n) is 10.3. The van der Waals surface area contributed by atoms with Crippen LogP contribution in [0.1, 0.15) is 30.2 Å². The Hall–Kier alpha value is -3.28. The molecule has 1 aliphatic heterocycles. The van der Waals surface area contributed by atoms with Crippen molar-refractivity contribution in [1.82, 2.24) is 15.1 Å². The van der Waals surface area contributed by atoms with Crippen LogP contribution < -0.4 is 5.32 Å². The van der Waals surface area contributed by atoms with Crippen LogP contribution in [0.5, 0.6) is 0 Å². The summed E-state index contributed by atoms with van der Waals surface area (Å²) in [5, 5.41) is 4.19. The minimum Gasteiger partial charge on any atom is -0.459 e. The van der Waals surface area contributed by atoms with Gasteiger partial charge in [0.15, 0.2) is 0 Å². The lowest BCUT2D eigenvalue weighted by molar-refractivity contribution is -0.127. The average Bonchev–Trinajstić information content (AvgIpc) is 3.21. The average molecular weight is 405 g/mol. The highest BCUT2D eigenvalue weighted by Gasteiger charge is 2.31. The van der Waals surface area contributed by atoms with E-state index >= 15 is 0 Å². The van der Waals surface area contributed by atoms with Gasteiger partial charge in [-0.2, -0.15) is 0 Å². The number of carbonyl (C=O) groups excluding carboxylic acids is 2. The fourth-order valence-corrected chi connectivity index (χ4v) is 4.02. The Bertz CT molecular complexity index is 995. The van der Waals surface area contributed by atoms with Crippen LogP contribution in [0, 0.1) is 5.92 Å². The number of hydrogen-bond acceptors (Lipinski definition) is 3. The van der Waals surface area contributed by atoms with Crippen molar-refractivity contribution in [2.24, 2.45) is 5.92 Å². The van der Waals surface area contributed by atoms with E-state index in [-0.39, 0.29) is 23.9 Å². The summed E-state index contributed by atoms with van der Waals surface area (Å²) in [6.45, 7) is 1.12. The summed E-state index contributed by atoms with van der Waals surface area (Å²) in [4.78, 5) is 28.9. The number of carbonyl (C=O) groups is 2. The lowest BCUT2D eigenvalue weighted by Gasteiger charge is -2.34. The number of urea groups is 1. The number of rotatable bonds is 4. The summed E-state index contributed by atoms with van der Waals surface area (Å²) in [7, 11) is 3.47. The quantitative estimate of drug-likeness (QED) is 0.713. The first-order valence-corrected chi connectivity index (χ1v) is 10.3. The van der Waals surface area contributed by atoms with Crippen molar-refractivity contribution in [3.8, 4) is 0 Å². The van der Waals surface area contributed by atoms with Crippen LogP contribution in [-0.4, -0.2) is 48.9 Å². The van der Waals surface area contributed by atoms with Crippen LogP contribution in [0.3, 0.4) is 0 Å². The maximum Gasteiger partial charge on any atom is 0.319 e. The van der Waals surface area contributed by atoms with E-state index in [1.54, 1.807) is 23.9 Å². The van der Waals surface area contributed by atoms with Crippen molar-refractivity contribution in [2.45, 2.75) is 18.9 Å². The molecule has 0 radical (unpaired) electrons. The SMILES string of the molecule is CN(C)C(=O)N1CCC[C@H](C(=O)N[C@H](c2ccccc2)c2cc3ccccc3o2)C1. The Morgan fingerprint density at radius 3 is 2.57 bits per heavy atom. The third-order valence-corrected chi connectivity index (χ3v) is 5.59. The van der Waals surface area contributed by atoms with Gasteiger partial charge in [-0.1, -0.05) is 48.5 Å². The molecule has 0 aliphatic carbocycles. The lowest BCUT2D eigenvalue weighted by atomic mass is 9.96. The summed E-state index contributed by atoms with van der Waals surface area (Å²) in [6, 6.07) is 19.2. The van der Waals surface area contributed by atoms with Crippen molar-refractivity contribution >= 4 is 22.9 Å². The first kappa shape index (κ1) is 20.0. The number of furan rings is 1. The zero-order valence-electron chi connectivity index (χ0n) is 17.4.